The van der Waals surface area contributed by atoms with Gasteiger partial charge in [-0.3, -0.25) is 9.78 Å². The molecule has 1 saturated carbocycles. The lowest BCUT2D eigenvalue weighted by atomic mass is 9.91. The molecule has 2 aromatic rings. The van der Waals surface area contributed by atoms with E-state index in [1.807, 2.05) is 26.0 Å². The van der Waals surface area contributed by atoms with Gasteiger partial charge in [0, 0.05) is 29.7 Å². The Morgan fingerprint density at radius 3 is 2.54 bits per heavy atom. The first-order valence-electron chi connectivity index (χ1n) is 8.36. The number of allylic oxidation sites excluding steroid dienone is 2. The number of ether oxygens (including phenoxy) is 1. The van der Waals surface area contributed by atoms with Crippen molar-refractivity contribution in [1.82, 2.24) is 9.97 Å². The highest BCUT2D eigenvalue weighted by atomic mass is 16.5. The lowest BCUT2D eigenvalue weighted by Gasteiger charge is -2.24. The summed E-state index contributed by atoms with van der Waals surface area (Å²) < 4.78 is 6.02. The molecule has 4 heteroatoms. The zero-order chi connectivity index (χ0) is 16.9. The van der Waals surface area contributed by atoms with Crippen LogP contribution in [-0.2, 0) is 0 Å². The lowest BCUT2D eigenvalue weighted by molar-refractivity contribution is 0.104. The van der Waals surface area contributed by atoms with Crippen LogP contribution >= 0.6 is 0 Å². The minimum absolute atomic E-state index is 0.0581. The Hall–Kier alpha value is -2.49. The van der Waals surface area contributed by atoms with Crippen molar-refractivity contribution in [3.05, 3.63) is 65.1 Å². The normalized spacial score (nSPS) is 17.4. The summed E-state index contributed by atoms with van der Waals surface area (Å²) >= 11 is 0. The van der Waals surface area contributed by atoms with Gasteiger partial charge in [-0.2, -0.15) is 0 Å². The molecule has 1 fully saturated rings. The predicted molar refractivity (Wildman–Crippen MR) is 93.2 cm³/mol. The first-order valence-corrected chi connectivity index (χ1v) is 8.36. The van der Waals surface area contributed by atoms with E-state index < -0.39 is 0 Å². The summed E-state index contributed by atoms with van der Waals surface area (Å²) in [6.45, 7) is 4.03. The van der Waals surface area contributed by atoms with E-state index >= 15 is 0 Å². The molecular weight excluding hydrogens is 300 g/mol. The van der Waals surface area contributed by atoms with Crippen LogP contribution in [0.15, 0.2) is 48.3 Å². The largest absolute Gasteiger partial charge is 0.474 e. The molecule has 0 spiro atoms. The highest BCUT2D eigenvalue weighted by Crippen LogP contribution is 2.27. The van der Waals surface area contributed by atoms with Gasteiger partial charge in [-0.1, -0.05) is 5.57 Å². The second-order valence-electron chi connectivity index (χ2n) is 6.34. The Morgan fingerprint density at radius 1 is 1.17 bits per heavy atom. The van der Waals surface area contributed by atoms with Crippen molar-refractivity contribution < 1.29 is 9.53 Å². The topological polar surface area (TPSA) is 52.1 Å². The highest BCUT2D eigenvalue weighted by Gasteiger charge is 2.19. The van der Waals surface area contributed by atoms with Crippen molar-refractivity contribution in [3.8, 4) is 5.88 Å². The monoisotopic (exact) mass is 322 g/mol. The third kappa shape index (κ3) is 4.28. The fourth-order valence-corrected chi connectivity index (χ4v) is 3.04. The van der Waals surface area contributed by atoms with Gasteiger partial charge in [0.2, 0.25) is 5.88 Å². The second-order valence-corrected chi connectivity index (χ2v) is 6.34. The van der Waals surface area contributed by atoms with E-state index in [1.54, 1.807) is 30.6 Å². The molecule has 1 aliphatic carbocycles. The third-order valence-corrected chi connectivity index (χ3v) is 4.24. The van der Waals surface area contributed by atoms with Gasteiger partial charge in [-0.15, -0.1) is 0 Å². The van der Waals surface area contributed by atoms with Crippen molar-refractivity contribution in [2.45, 2.75) is 45.6 Å². The lowest BCUT2D eigenvalue weighted by Crippen LogP contribution is -2.21. The van der Waals surface area contributed by atoms with Gasteiger partial charge in [-0.25, -0.2) is 4.98 Å². The molecule has 0 aliphatic heterocycles. The van der Waals surface area contributed by atoms with E-state index in [0.717, 1.165) is 36.9 Å². The van der Waals surface area contributed by atoms with Crippen molar-refractivity contribution >= 4 is 5.78 Å². The summed E-state index contributed by atoms with van der Waals surface area (Å²) in [5, 5.41) is 0. The van der Waals surface area contributed by atoms with Gasteiger partial charge in [0.05, 0.1) is 0 Å². The number of carbonyl (C=O) groups is 1. The van der Waals surface area contributed by atoms with Crippen LogP contribution in [0.1, 0.15) is 47.3 Å². The average molecular weight is 322 g/mol. The molecule has 0 bridgehead atoms. The van der Waals surface area contributed by atoms with Crippen LogP contribution in [0.3, 0.4) is 0 Å². The van der Waals surface area contributed by atoms with Crippen LogP contribution in [0.25, 0.3) is 0 Å². The average Bonchev–Trinajstić information content (AvgIpc) is 2.56. The number of hydrogen-bond acceptors (Lipinski definition) is 4. The number of carbonyl (C=O) groups excluding carboxylic acids is 1. The molecular formula is C20H22N2O2. The van der Waals surface area contributed by atoms with Gasteiger partial charge in [0.15, 0.2) is 5.78 Å². The summed E-state index contributed by atoms with van der Waals surface area (Å²) in [7, 11) is 0. The Labute approximate surface area is 142 Å². The zero-order valence-corrected chi connectivity index (χ0v) is 14.2. The summed E-state index contributed by atoms with van der Waals surface area (Å²) in [4.78, 5) is 20.6. The minimum Gasteiger partial charge on any atom is -0.474 e. The maximum Gasteiger partial charge on any atom is 0.213 e. The molecule has 3 rings (SSSR count). The molecule has 0 saturated heterocycles. The molecule has 2 heterocycles. The second kappa shape index (κ2) is 7.39. The number of rotatable bonds is 4. The molecule has 2 aromatic heterocycles. The van der Waals surface area contributed by atoms with E-state index in [4.69, 9.17) is 4.74 Å². The van der Waals surface area contributed by atoms with Crippen LogP contribution in [-0.4, -0.2) is 21.9 Å². The van der Waals surface area contributed by atoms with E-state index in [9.17, 15) is 4.79 Å². The van der Waals surface area contributed by atoms with Crippen molar-refractivity contribution in [2.75, 3.05) is 0 Å². The number of pyridine rings is 2. The standard InChI is InChI=1S/C20H22N2O2/c1-14-11-15(2)22-20(12-14)24-18-5-3-16(4-6-18)13-19(23)17-7-9-21-10-8-17/h7-13,18H,3-6H2,1-2H3. The molecule has 1 aliphatic rings. The summed E-state index contributed by atoms with van der Waals surface area (Å²) in [6.07, 6.45) is 8.88. The number of hydrogen-bond donors (Lipinski definition) is 0. The molecule has 0 aromatic carbocycles. The SMILES string of the molecule is Cc1cc(C)nc(OC2CCC(=CC(=O)c3ccncc3)CC2)c1. The van der Waals surface area contributed by atoms with Crippen LogP contribution < -0.4 is 4.74 Å². The Balaban J connectivity index is 1.57. The molecule has 0 N–H and O–H groups in total. The number of ketones is 1. The first kappa shape index (κ1) is 16.4. The van der Waals surface area contributed by atoms with E-state index in [-0.39, 0.29) is 11.9 Å². The van der Waals surface area contributed by atoms with Crippen molar-refractivity contribution in [3.63, 3.8) is 0 Å². The quantitative estimate of drug-likeness (QED) is 0.624. The fourth-order valence-electron chi connectivity index (χ4n) is 3.04. The highest BCUT2D eigenvalue weighted by molar-refractivity contribution is 6.04. The number of nitrogens with zero attached hydrogens (tertiary/aromatic N) is 2. The molecule has 4 nitrogen and oxygen atoms in total. The van der Waals surface area contributed by atoms with Gasteiger partial charge in [0.1, 0.15) is 6.10 Å². The van der Waals surface area contributed by atoms with Gasteiger partial charge in [-0.05, 0) is 69.4 Å². The molecule has 0 radical (unpaired) electrons. The van der Waals surface area contributed by atoms with Crippen LogP contribution in [0.5, 0.6) is 5.88 Å². The Kier molecular flexibility index (Phi) is 5.04. The van der Waals surface area contributed by atoms with Crippen molar-refractivity contribution in [1.29, 1.82) is 0 Å². The molecule has 124 valence electrons. The Morgan fingerprint density at radius 2 is 1.88 bits per heavy atom. The molecule has 0 atom stereocenters. The number of aryl methyl sites for hydroxylation is 2. The maximum absolute atomic E-state index is 12.2. The maximum atomic E-state index is 12.2. The predicted octanol–water partition coefficient (Wildman–Crippen LogP) is 4.22. The first-order chi connectivity index (χ1) is 11.6. The zero-order valence-electron chi connectivity index (χ0n) is 14.2. The Bertz CT molecular complexity index is 723. The smallest absolute Gasteiger partial charge is 0.213 e. The van der Waals surface area contributed by atoms with Crippen molar-refractivity contribution in [2.24, 2.45) is 0 Å². The molecule has 0 unspecified atom stereocenters. The third-order valence-electron chi connectivity index (χ3n) is 4.24. The van der Waals surface area contributed by atoms with E-state index in [0.29, 0.717) is 11.4 Å². The summed E-state index contributed by atoms with van der Waals surface area (Å²) in [6, 6.07) is 7.52. The number of aromatic nitrogens is 2. The molecule has 0 amide bonds. The van der Waals surface area contributed by atoms with Gasteiger partial charge < -0.3 is 4.74 Å². The molecule has 24 heavy (non-hydrogen) atoms. The minimum atomic E-state index is 0.0581. The summed E-state index contributed by atoms with van der Waals surface area (Å²) in [5.74, 6) is 0.764. The van der Waals surface area contributed by atoms with E-state index in [2.05, 4.69) is 9.97 Å². The fraction of sp³-hybridized carbons (Fsp3) is 0.350. The van der Waals surface area contributed by atoms with Crippen LogP contribution in [0, 0.1) is 13.8 Å². The van der Waals surface area contributed by atoms with Gasteiger partial charge >= 0.3 is 0 Å². The van der Waals surface area contributed by atoms with Crippen LogP contribution in [0.2, 0.25) is 0 Å². The van der Waals surface area contributed by atoms with Crippen LogP contribution in [0.4, 0.5) is 0 Å². The van der Waals surface area contributed by atoms with Gasteiger partial charge in [0.25, 0.3) is 0 Å². The van der Waals surface area contributed by atoms with E-state index in [1.165, 1.54) is 5.57 Å². The summed E-state index contributed by atoms with van der Waals surface area (Å²) in [5.41, 5.74) is 4.03.